The molecule has 4 unspecified atom stereocenters. The van der Waals surface area contributed by atoms with Crippen molar-refractivity contribution in [1.29, 1.82) is 0 Å². The third-order valence-corrected chi connectivity index (χ3v) is 6.35. The second-order valence-electron chi connectivity index (χ2n) is 8.09. The van der Waals surface area contributed by atoms with E-state index in [-0.39, 0.29) is 5.92 Å². The number of halogens is 4. The van der Waals surface area contributed by atoms with Gasteiger partial charge in [-0.05, 0) is 93.2 Å². The van der Waals surface area contributed by atoms with Gasteiger partial charge in [0, 0.05) is 0 Å². The van der Waals surface area contributed by atoms with Gasteiger partial charge in [-0.25, -0.2) is 4.39 Å². The van der Waals surface area contributed by atoms with Crippen molar-refractivity contribution in [3.05, 3.63) is 41.7 Å². The van der Waals surface area contributed by atoms with Gasteiger partial charge in [0.25, 0.3) is 0 Å². The molecule has 27 heavy (non-hydrogen) atoms. The van der Waals surface area contributed by atoms with Gasteiger partial charge in [-0.3, -0.25) is 0 Å². The molecule has 0 aliphatic heterocycles. The highest BCUT2D eigenvalue weighted by Gasteiger charge is 2.36. The maximum Gasteiger partial charge on any atom is 0.573 e. The van der Waals surface area contributed by atoms with Crippen LogP contribution in [0.3, 0.4) is 0 Å². The molecule has 2 aliphatic rings. The van der Waals surface area contributed by atoms with E-state index in [1.807, 2.05) is 0 Å². The molecule has 1 aromatic rings. The molecule has 2 saturated carbocycles. The molecular weight excluding hydrogens is 356 g/mol. The Kier molecular flexibility index (Phi) is 6.48. The number of ether oxygens (including phenoxy) is 1. The summed E-state index contributed by atoms with van der Waals surface area (Å²) in [6, 6.07) is 3.94. The fourth-order valence-electron chi connectivity index (χ4n) is 5.03. The Balaban J connectivity index is 1.58. The van der Waals surface area contributed by atoms with Crippen LogP contribution < -0.4 is 4.74 Å². The smallest absolute Gasteiger partial charge is 0.403 e. The van der Waals surface area contributed by atoms with E-state index in [9.17, 15) is 17.6 Å². The maximum atomic E-state index is 14.0. The van der Waals surface area contributed by atoms with E-state index in [1.54, 1.807) is 6.07 Å². The van der Waals surface area contributed by atoms with E-state index < -0.39 is 17.9 Å². The van der Waals surface area contributed by atoms with E-state index >= 15 is 0 Å². The summed E-state index contributed by atoms with van der Waals surface area (Å²) in [5.74, 6) is 0.788. The van der Waals surface area contributed by atoms with Gasteiger partial charge >= 0.3 is 6.36 Å². The highest BCUT2D eigenvalue weighted by molar-refractivity contribution is 5.32. The molecule has 2 fully saturated rings. The Morgan fingerprint density at radius 2 is 1.81 bits per heavy atom. The standard InChI is InChI=1S/C22H28F4O/c1-2-3-4-5-15-6-7-17-13-18(9-8-16(17)12-15)19-10-11-21(20(23)14-19)27-22(24,25)26/h2-3,10-11,14-18H,4-9,12-13H2,1H3/b3-2+. The van der Waals surface area contributed by atoms with Crippen LogP contribution in [-0.4, -0.2) is 6.36 Å². The predicted octanol–water partition coefficient (Wildman–Crippen LogP) is 7.38. The van der Waals surface area contributed by atoms with Crippen LogP contribution in [-0.2, 0) is 0 Å². The average molecular weight is 384 g/mol. The van der Waals surface area contributed by atoms with Crippen LogP contribution in [0.4, 0.5) is 17.6 Å². The maximum absolute atomic E-state index is 14.0. The first kappa shape index (κ1) is 20.2. The van der Waals surface area contributed by atoms with Crippen molar-refractivity contribution in [2.75, 3.05) is 0 Å². The molecule has 0 spiro atoms. The van der Waals surface area contributed by atoms with Gasteiger partial charge in [-0.2, -0.15) is 0 Å². The second kappa shape index (κ2) is 8.66. The summed E-state index contributed by atoms with van der Waals surface area (Å²) < 4.78 is 54.7. The molecule has 1 nitrogen and oxygen atoms in total. The second-order valence-corrected chi connectivity index (χ2v) is 8.09. The fourth-order valence-corrected chi connectivity index (χ4v) is 5.03. The first-order valence-electron chi connectivity index (χ1n) is 10.0. The fraction of sp³-hybridized carbons (Fsp3) is 0.636. The summed E-state index contributed by atoms with van der Waals surface area (Å²) in [7, 11) is 0. The zero-order chi connectivity index (χ0) is 19.4. The third-order valence-electron chi connectivity index (χ3n) is 6.35. The minimum atomic E-state index is -4.87. The van der Waals surface area contributed by atoms with Gasteiger partial charge in [-0.15, -0.1) is 13.2 Å². The topological polar surface area (TPSA) is 9.23 Å². The molecule has 0 radical (unpaired) electrons. The molecule has 0 aromatic heterocycles. The SMILES string of the molecule is C/C=C/CCC1CCC2CC(c3ccc(OC(F)(F)F)c(F)c3)CCC2C1. The van der Waals surface area contributed by atoms with Crippen LogP contribution in [0, 0.1) is 23.6 Å². The molecule has 0 bridgehead atoms. The molecule has 150 valence electrons. The minimum absolute atomic E-state index is 0.236. The number of hydrogen-bond donors (Lipinski definition) is 0. The van der Waals surface area contributed by atoms with Crippen molar-refractivity contribution in [3.8, 4) is 5.75 Å². The third kappa shape index (κ3) is 5.49. The number of alkyl halides is 3. The van der Waals surface area contributed by atoms with E-state index in [1.165, 1.54) is 31.7 Å². The van der Waals surface area contributed by atoms with Crippen molar-refractivity contribution in [2.24, 2.45) is 17.8 Å². The molecule has 5 heteroatoms. The number of allylic oxidation sites excluding steroid dienone is 2. The molecule has 1 aromatic carbocycles. The van der Waals surface area contributed by atoms with Crippen LogP contribution in [0.25, 0.3) is 0 Å². The lowest BCUT2D eigenvalue weighted by atomic mass is 9.63. The quantitative estimate of drug-likeness (QED) is 0.380. The lowest BCUT2D eigenvalue weighted by Gasteiger charge is -2.42. The number of hydrogen-bond acceptors (Lipinski definition) is 1. The molecule has 4 atom stereocenters. The summed E-state index contributed by atoms with van der Waals surface area (Å²) in [4.78, 5) is 0. The lowest BCUT2D eigenvalue weighted by Crippen LogP contribution is -2.30. The van der Waals surface area contributed by atoms with Crippen LogP contribution in [0.1, 0.15) is 69.8 Å². The van der Waals surface area contributed by atoms with Crippen molar-refractivity contribution in [1.82, 2.24) is 0 Å². The summed E-state index contributed by atoms with van der Waals surface area (Å²) in [5.41, 5.74) is 0.802. The molecule has 0 heterocycles. The Morgan fingerprint density at radius 3 is 2.52 bits per heavy atom. The lowest BCUT2D eigenvalue weighted by molar-refractivity contribution is -0.275. The Labute approximate surface area is 158 Å². The Morgan fingerprint density at radius 1 is 1.07 bits per heavy atom. The van der Waals surface area contributed by atoms with Crippen LogP contribution in [0.2, 0.25) is 0 Å². The highest BCUT2D eigenvalue weighted by Crippen LogP contribution is 2.48. The van der Waals surface area contributed by atoms with Crippen LogP contribution in [0.5, 0.6) is 5.75 Å². The molecule has 2 aliphatic carbocycles. The van der Waals surface area contributed by atoms with E-state index in [0.29, 0.717) is 5.92 Å². The predicted molar refractivity (Wildman–Crippen MR) is 98.0 cm³/mol. The van der Waals surface area contributed by atoms with Gasteiger partial charge in [0.05, 0.1) is 0 Å². The average Bonchev–Trinajstić information content (AvgIpc) is 2.62. The molecule has 0 amide bonds. The number of benzene rings is 1. The van der Waals surface area contributed by atoms with Crippen molar-refractivity contribution in [3.63, 3.8) is 0 Å². The normalized spacial score (nSPS) is 28.9. The van der Waals surface area contributed by atoms with Gasteiger partial charge in [0.15, 0.2) is 11.6 Å². The van der Waals surface area contributed by atoms with Crippen molar-refractivity contribution < 1.29 is 22.3 Å². The van der Waals surface area contributed by atoms with Crippen molar-refractivity contribution >= 4 is 0 Å². The summed E-state index contributed by atoms with van der Waals surface area (Å²) in [5, 5.41) is 0. The first-order chi connectivity index (χ1) is 12.9. The zero-order valence-corrected chi connectivity index (χ0v) is 15.8. The summed E-state index contributed by atoms with van der Waals surface area (Å²) in [6.45, 7) is 2.06. The van der Waals surface area contributed by atoms with Gasteiger partial charge < -0.3 is 4.74 Å². The Hall–Kier alpha value is -1.52. The highest BCUT2D eigenvalue weighted by atomic mass is 19.4. The van der Waals surface area contributed by atoms with Crippen LogP contribution >= 0.6 is 0 Å². The molecule has 3 rings (SSSR count). The van der Waals surface area contributed by atoms with Gasteiger partial charge in [0.1, 0.15) is 0 Å². The molecule has 0 saturated heterocycles. The molecule has 0 N–H and O–H groups in total. The Bertz CT molecular complexity index is 652. The zero-order valence-electron chi connectivity index (χ0n) is 15.8. The monoisotopic (exact) mass is 384 g/mol. The minimum Gasteiger partial charge on any atom is -0.403 e. The largest absolute Gasteiger partial charge is 0.573 e. The number of fused-ring (bicyclic) bond motifs is 1. The summed E-state index contributed by atoms with van der Waals surface area (Å²) in [6.07, 6.45) is 8.83. The van der Waals surface area contributed by atoms with E-state index in [0.717, 1.165) is 49.1 Å². The number of rotatable bonds is 5. The first-order valence-corrected chi connectivity index (χ1v) is 10.0. The molecular formula is C22H28F4O. The van der Waals surface area contributed by atoms with E-state index in [4.69, 9.17) is 0 Å². The van der Waals surface area contributed by atoms with Crippen LogP contribution in [0.15, 0.2) is 30.4 Å². The van der Waals surface area contributed by atoms with E-state index in [2.05, 4.69) is 23.8 Å². The summed E-state index contributed by atoms with van der Waals surface area (Å²) >= 11 is 0. The van der Waals surface area contributed by atoms with Gasteiger partial charge in [0.2, 0.25) is 0 Å². The van der Waals surface area contributed by atoms with Gasteiger partial charge in [-0.1, -0.05) is 24.6 Å². The van der Waals surface area contributed by atoms with Crippen molar-refractivity contribution in [2.45, 2.75) is 70.6 Å².